The number of aliphatic hydroxyl groups excluding tert-OH is 5. The molecule has 416 valence electrons. The number of Topliss-reactive ketones (excluding diaryl/α,β-unsaturated/α-hetero) is 1. The molecule has 2 saturated heterocycles. The number of aliphatic hydroxyl groups is 5. The molecule has 22 nitrogen and oxygen atoms in total. The van der Waals surface area contributed by atoms with Crippen LogP contribution in [0.2, 0.25) is 0 Å². The Hall–Kier alpha value is -5.27. The van der Waals surface area contributed by atoms with Crippen molar-refractivity contribution in [3.8, 4) is 0 Å². The highest BCUT2D eigenvalue weighted by molar-refractivity contribution is 5.89. The molecule has 2 aliphatic heterocycles. The molecule has 0 spiro atoms. The number of non-ortho nitro benzene ring substituents is 1. The summed E-state index contributed by atoms with van der Waals surface area (Å²) < 4.78 is 41.5. The molecule has 2 aromatic heterocycles. The molecule has 15 atom stereocenters. The lowest BCUT2D eigenvalue weighted by atomic mass is 9.75. The summed E-state index contributed by atoms with van der Waals surface area (Å²) >= 11 is 0. The zero-order chi connectivity index (χ0) is 54.0. The second-order valence-electron chi connectivity index (χ2n) is 21.1. The Morgan fingerprint density at radius 1 is 0.842 bits per heavy atom. The number of aromatic nitrogens is 4. The van der Waals surface area contributed by atoms with Gasteiger partial charge in [-0.2, -0.15) is 0 Å². The van der Waals surface area contributed by atoms with Gasteiger partial charge in [0.1, 0.15) is 42.4 Å². The van der Waals surface area contributed by atoms with Crippen molar-refractivity contribution in [3.05, 3.63) is 88.4 Å². The summed E-state index contributed by atoms with van der Waals surface area (Å²) in [6.45, 7) is 3.97. The number of esters is 1. The van der Waals surface area contributed by atoms with Crippen LogP contribution in [0.4, 0.5) is 5.69 Å². The van der Waals surface area contributed by atoms with Gasteiger partial charge in [-0.3, -0.25) is 19.6 Å². The van der Waals surface area contributed by atoms with Gasteiger partial charge in [-0.05, 0) is 94.4 Å². The standard InChI is InChI=1S/C54H73N5O17/c1-31-25-36(40(61)18-10-9-17-37-29-58(56-55-37)23-12-11-22-57-24-21-35-27-38(59(69)70)19-20-39(35)57)28-41(48(31)76-53-47(65)46(64)44(62)32(2)71-53)73-54-50(75-52(68)34-15-7-4-8-16-34)49(45(63)43(30-60)74-54)72-42(51(66)67)26-33-13-5-3-6-14-33/h4,7-8,15-16,19-21,24,27,29,31-33,36,41-50,53-54,60,62-65H,3,5-6,9-14,17-18,22-23,25-26,28,30H2,1-2H3,(H,66,67)/t31?,32?,36?,41-,42+,43+,44-,45+,46+,47?,48-,49?,50?,53+,54-/m1/s1. The van der Waals surface area contributed by atoms with Crippen molar-refractivity contribution in [1.29, 1.82) is 0 Å². The Labute approximate surface area is 440 Å². The highest BCUT2D eigenvalue weighted by Gasteiger charge is 2.54. The predicted molar refractivity (Wildman–Crippen MR) is 269 cm³/mol. The second kappa shape index (κ2) is 26.4. The Bertz CT molecular complexity index is 2540. The van der Waals surface area contributed by atoms with Crippen LogP contribution in [0.15, 0.2) is 67.0 Å². The van der Waals surface area contributed by atoms with Gasteiger partial charge < -0.3 is 63.6 Å². The third-order valence-electron chi connectivity index (χ3n) is 15.6. The molecule has 4 heterocycles. The third kappa shape index (κ3) is 14.1. The van der Waals surface area contributed by atoms with Crippen LogP contribution in [0, 0.1) is 27.9 Å². The van der Waals surface area contributed by atoms with Crippen LogP contribution in [0.25, 0.3) is 10.9 Å². The molecule has 22 heteroatoms. The number of aryl methyl sites for hydroxylation is 3. The fraction of sp³-hybridized carbons (Fsp3) is 0.648. The molecular weight excluding hydrogens is 991 g/mol. The van der Waals surface area contributed by atoms with Gasteiger partial charge in [0.15, 0.2) is 24.8 Å². The monoisotopic (exact) mass is 1060 g/mol. The van der Waals surface area contributed by atoms with E-state index in [2.05, 4.69) is 14.9 Å². The number of nitro groups is 1. The number of hydrogen-bond donors (Lipinski definition) is 6. The number of carbonyl (C=O) groups is 3. The van der Waals surface area contributed by atoms with E-state index in [0.29, 0.717) is 32.2 Å². The Balaban J connectivity index is 0.942. The highest BCUT2D eigenvalue weighted by atomic mass is 16.7. The summed E-state index contributed by atoms with van der Waals surface area (Å²) in [5.41, 5.74) is 1.91. The molecule has 2 aromatic carbocycles. The largest absolute Gasteiger partial charge is 0.479 e. The molecule has 2 aliphatic carbocycles. The summed E-state index contributed by atoms with van der Waals surface area (Å²) in [4.78, 5) is 51.7. The van der Waals surface area contributed by atoms with Gasteiger partial charge in [0.2, 0.25) is 0 Å². The van der Waals surface area contributed by atoms with Crippen molar-refractivity contribution in [2.75, 3.05) is 6.61 Å². The number of fused-ring (bicyclic) bond motifs is 1. The van der Waals surface area contributed by atoms with E-state index in [-0.39, 0.29) is 42.2 Å². The molecule has 2 saturated carbocycles. The lowest BCUT2D eigenvalue weighted by Gasteiger charge is -2.48. The van der Waals surface area contributed by atoms with Gasteiger partial charge in [0.05, 0.1) is 41.1 Å². The quantitative estimate of drug-likeness (QED) is 0.0241. The molecule has 76 heavy (non-hydrogen) atoms. The molecule has 4 aromatic rings. The van der Waals surface area contributed by atoms with Crippen LogP contribution in [0.1, 0.15) is 113 Å². The molecule has 4 aliphatic rings. The van der Waals surface area contributed by atoms with Crippen molar-refractivity contribution < 1.29 is 78.4 Å². The number of benzene rings is 2. The number of carboxylic acids is 1. The first-order valence-electron chi connectivity index (χ1n) is 26.8. The fourth-order valence-electron chi connectivity index (χ4n) is 11.3. The second-order valence-corrected chi connectivity index (χ2v) is 21.1. The minimum absolute atomic E-state index is 0.0330. The first-order valence-corrected chi connectivity index (χ1v) is 26.8. The van der Waals surface area contributed by atoms with Crippen LogP contribution in [0.5, 0.6) is 0 Å². The van der Waals surface area contributed by atoms with E-state index in [1.807, 2.05) is 25.4 Å². The number of aliphatic carboxylic acids is 1. The zero-order valence-corrected chi connectivity index (χ0v) is 43.0. The molecule has 4 fully saturated rings. The van der Waals surface area contributed by atoms with E-state index >= 15 is 0 Å². The van der Waals surface area contributed by atoms with Crippen LogP contribution >= 0.6 is 0 Å². The maximum absolute atomic E-state index is 14.2. The lowest BCUT2D eigenvalue weighted by molar-refractivity contribution is -0.384. The van der Waals surface area contributed by atoms with Crippen LogP contribution in [-0.2, 0) is 57.5 Å². The predicted octanol–water partition coefficient (Wildman–Crippen LogP) is 4.66. The van der Waals surface area contributed by atoms with Crippen molar-refractivity contribution in [1.82, 2.24) is 19.6 Å². The van der Waals surface area contributed by atoms with Crippen molar-refractivity contribution in [2.45, 2.75) is 197 Å². The van der Waals surface area contributed by atoms with E-state index in [1.165, 1.54) is 25.1 Å². The maximum atomic E-state index is 14.2. The number of ether oxygens (including phenoxy) is 6. The fourth-order valence-corrected chi connectivity index (χ4v) is 11.3. The Morgan fingerprint density at radius 2 is 1.61 bits per heavy atom. The smallest absolute Gasteiger partial charge is 0.338 e. The molecule has 8 rings (SSSR count). The minimum Gasteiger partial charge on any atom is -0.479 e. The van der Waals surface area contributed by atoms with E-state index in [0.717, 1.165) is 68.1 Å². The number of nitro benzene ring substituents is 1. The van der Waals surface area contributed by atoms with Crippen LogP contribution < -0.4 is 0 Å². The van der Waals surface area contributed by atoms with Crippen LogP contribution in [-0.4, -0.2) is 159 Å². The topological polar surface area (TPSA) is 307 Å². The Morgan fingerprint density at radius 3 is 2.34 bits per heavy atom. The number of ketones is 1. The number of unbranched alkanes of at least 4 members (excludes halogenated alkanes) is 2. The minimum atomic E-state index is -1.69. The number of nitrogens with zero attached hydrogens (tertiary/aromatic N) is 5. The molecule has 6 N–H and O–H groups in total. The Kier molecular flexibility index (Phi) is 19.8. The lowest BCUT2D eigenvalue weighted by Crippen LogP contribution is -2.64. The first kappa shape index (κ1) is 56.9. The van der Waals surface area contributed by atoms with Gasteiger partial charge in [0, 0.05) is 60.9 Å². The zero-order valence-electron chi connectivity index (χ0n) is 43.0. The van der Waals surface area contributed by atoms with Gasteiger partial charge in [0.25, 0.3) is 5.69 Å². The maximum Gasteiger partial charge on any atom is 0.338 e. The van der Waals surface area contributed by atoms with Crippen molar-refractivity contribution >= 4 is 34.3 Å². The van der Waals surface area contributed by atoms with Gasteiger partial charge in [-0.25, -0.2) is 9.59 Å². The molecule has 0 radical (unpaired) electrons. The van der Waals surface area contributed by atoms with Gasteiger partial charge in [-0.1, -0.05) is 62.4 Å². The summed E-state index contributed by atoms with van der Waals surface area (Å²) in [6.07, 6.45) is -6.02. The molecule has 0 amide bonds. The van der Waals surface area contributed by atoms with E-state index in [1.54, 1.807) is 35.0 Å². The normalized spacial score (nSPS) is 30.7. The van der Waals surface area contributed by atoms with Gasteiger partial charge in [-0.15, -0.1) is 5.10 Å². The number of hydrogen-bond acceptors (Lipinski definition) is 18. The SMILES string of the molecule is CC1O[C@@H](O[C@@H]2C(C)CC(C(=O)CCCCc3cn(CCCCn4ccc5cc([N+](=O)[O-])ccc54)nn3)C[C@H]2O[C@@H]2O[C@@H](CO)[C@H](O)C(O[C@@H](CC3CCCCC3)C(=O)O)C2OC(=O)c2ccccc2)C(O)[C@@H](O)[C@@H]1O. The summed E-state index contributed by atoms with van der Waals surface area (Å²) in [5, 5.41) is 85.7. The van der Waals surface area contributed by atoms with Gasteiger partial charge >= 0.3 is 11.9 Å². The molecular formula is C54H73N5O17. The van der Waals surface area contributed by atoms with E-state index in [4.69, 9.17) is 28.4 Å². The van der Waals surface area contributed by atoms with Crippen molar-refractivity contribution in [3.63, 3.8) is 0 Å². The number of rotatable bonds is 24. The average Bonchev–Trinajstić information content (AvgIpc) is 4.08. The third-order valence-corrected chi connectivity index (χ3v) is 15.6. The highest BCUT2D eigenvalue weighted by Crippen LogP contribution is 2.40. The number of carbonyl (C=O) groups excluding carboxylic acids is 2. The molecule has 6 unspecified atom stereocenters. The summed E-state index contributed by atoms with van der Waals surface area (Å²) in [6, 6.07) is 14.7. The summed E-state index contributed by atoms with van der Waals surface area (Å²) in [7, 11) is 0. The van der Waals surface area contributed by atoms with Crippen LogP contribution in [0.3, 0.4) is 0 Å². The molecule has 0 bridgehead atoms. The average molecular weight is 1060 g/mol. The van der Waals surface area contributed by atoms with Crippen molar-refractivity contribution in [2.24, 2.45) is 17.8 Å². The van der Waals surface area contributed by atoms with E-state index < -0.39 is 115 Å². The summed E-state index contributed by atoms with van der Waals surface area (Å²) in [5.74, 6) is -3.21. The first-order chi connectivity index (χ1) is 36.6. The number of carboxylic acid groups (broad SMARTS) is 1. The van der Waals surface area contributed by atoms with E-state index in [9.17, 15) is 55.1 Å².